The summed E-state index contributed by atoms with van der Waals surface area (Å²) in [5.41, 5.74) is 7.39. The molecule has 174 valence electrons. The zero-order chi connectivity index (χ0) is 24.3. The largest absolute Gasteiger partial charge is 0.366 e. The number of nitrogens with two attached hydrogens (primary N) is 1. The Labute approximate surface area is 199 Å². The van der Waals surface area contributed by atoms with Crippen molar-refractivity contribution in [3.8, 4) is 0 Å². The number of halogens is 2. The van der Waals surface area contributed by atoms with Crippen molar-refractivity contribution in [2.45, 2.75) is 39.9 Å². The molecule has 3 amide bonds. The average Bonchev–Trinajstić information content (AvgIpc) is 3.10. The molecule has 33 heavy (non-hydrogen) atoms. The fraction of sp³-hybridized carbons (Fsp3) is 0.292. The van der Waals surface area contributed by atoms with Gasteiger partial charge in [-0.25, -0.2) is 4.39 Å². The molecule has 0 spiro atoms. The second-order valence-electron chi connectivity index (χ2n) is 8.14. The average molecular weight is 517 g/mol. The number of hydrogen-bond donors (Lipinski definition) is 2. The van der Waals surface area contributed by atoms with Crippen molar-refractivity contribution in [2.75, 3.05) is 6.54 Å². The minimum absolute atomic E-state index is 0.0333. The van der Waals surface area contributed by atoms with Crippen LogP contribution in [0.3, 0.4) is 0 Å². The first kappa shape index (κ1) is 24.4. The van der Waals surface area contributed by atoms with Gasteiger partial charge in [-0.15, -0.1) is 0 Å². The van der Waals surface area contributed by atoms with Gasteiger partial charge in [-0.05, 0) is 44.5 Å². The van der Waals surface area contributed by atoms with Gasteiger partial charge in [0.1, 0.15) is 12.4 Å². The third kappa shape index (κ3) is 5.60. The number of fused-ring (bicyclic) bond motifs is 1. The zero-order valence-corrected chi connectivity index (χ0v) is 20.3. The van der Waals surface area contributed by atoms with Gasteiger partial charge in [-0.1, -0.05) is 34.1 Å². The molecule has 0 bridgehead atoms. The molecule has 0 aliphatic rings. The Bertz CT molecular complexity index is 1220. The Hall–Kier alpha value is -3.20. The highest BCUT2D eigenvalue weighted by atomic mass is 79.9. The molecule has 3 rings (SSSR count). The number of aromatic nitrogens is 1. The summed E-state index contributed by atoms with van der Waals surface area (Å²) in [6.07, 6.45) is 1.55. The highest BCUT2D eigenvalue weighted by molar-refractivity contribution is 9.10. The van der Waals surface area contributed by atoms with Gasteiger partial charge in [0.25, 0.3) is 5.91 Å². The summed E-state index contributed by atoms with van der Waals surface area (Å²) in [6.45, 7) is 5.08. The van der Waals surface area contributed by atoms with Crippen LogP contribution in [-0.2, 0) is 22.7 Å². The van der Waals surface area contributed by atoms with Gasteiger partial charge in [-0.3, -0.25) is 14.4 Å². The molecular formula is C24H26BrFN4O3. The number of benzene rings is 2. The summed E-state index contributed by atoms with van der Waals surface area (Å²) in [4.78, 5) is 38.9. The maximum atomic E-state index is 14.2. The normalized spacial score (nSPS) is 11.1. The van der Waals surface area contributed by atoms with Crippen molar-refractivity contribution in [1.82, 2.24) is 14.8 Å². The van der Waals surface area contributed by atoms with Crippen molar-refractivity contribution >= 4 is 44.6 Å². The van der Waals surface area contributed by atoms with Gasteiger partial charge in [-0.2, -0.15) is 0 Å². The van der Waals surface area contributed by atoms with Crippen LogP contribution in [0.2, 0.25) is 0 Å². The van der Waals surface area contributed by atoms with Gasteiger partial charge in [0, 0.05) is 39.7 Å². The van der Waals surface area contributed by atoms with Crippen LogP contribution < -0.4 is 11.1 Å². The predicted molar refractivity (Wildman–Crippen MR) is 128 cm³/mol. The lowest BCUT2D eigenvalue weighted by Crippen LogP contribution is -2.45. The molecule has 0 aliphatic heterocycles. The van der Waals surface area contributed by atoms with E-state index in [2.05, 4.69) is 21.2 Å². The molecule has 3 aromatic rings. The van der Waals surface area contributed by atoms with E-state index in [1.54, 1.807) is 48.0 Å². The molecule has 2 aromatic carbocycles. The molecule has 0 fully saturated rings. The first-order valence-electron chi connectivity index (χ1n) is 10.5. The third-order valence-electron chi connectivity index (χ3n) is 5.42. The van der Waals surface area contributed by atoms with E-state index in [0.29, 0.717) is 27.6 Å². The first-order valence-corrected chi connectivity index (χ1v) is 11.3. The number of nitrogens with zero attached hydrogens (tertiary/aromatic N) is 2. The number of nitrogens with one attached hydrogen (secondary N) is 1. The highest BCUT2D eigenvalue weighted by Crippen LogP contribution is 2.25. The molecule has 1 aromatic heterocycles. The maximum Gasteiger partial charge on any atom is 0.250 e. The number of rotatable bonds is 8. The molecular weight excluding hydrogens is 491 g/mol. The van der Waals surface area contributed by atoms with Gasteiger partial charge < -0.3 is 20.5 Å². The topological polar surface area (TPSA) is 97.4 Å². The fourth-order valence-corrected chi connectivity index (χ4v) is 4.00. The Balaban J connectivity index is 1.73. The number of carbonyl (C=O) groups excluding carboxylic acids is 3. The van der Waals surface area contributed by atoms with E-state index in [0.717, 1.165) is 4.47 Å². The van der Waals surface area contributed by atoms with Crippen molar-refractivity contribution in [2.24, 2.45) is 5.73 Å². The summed E-state index contributed by atoms with van der Waals surface area (Å²) in [5.74, 6) is -1.63. The second-order valence-corrected chi connectivity index (χ2v) is 9.05. The lowest BCUT2D eigenvalue weighted by atomic mass is 10.1. The molecule has 0 saturated carbocycles. The smallest absolute Gasteiger partial charge is 0.250 e. The lowest BCUT2D eigenvalue weighted by Gasteiger charge is -2.26. The van der Waals surface area contributed by atoms with Crippen LogP contribution in [0.25, 0.3) is 10.9 Å². The van der Waals surface area contributed by atoms with Crippen molar-refractivity contribution in [3.05, 3.63) is 69.6 Å². The summed E-state index contributed by atoms with van der Waals surface area (Å²) in [6, 6.07) is 10.1. The Kier molecular flexibility index (Phi) is 7.53. The fourth-order valence-electron chi connectivity index (χ4n) is 3.64. The molecule has 1 heterocycles. The van der Waals surface area contributed by atoms with E-state index in [4.69, 9.17) is 5.73 Å². The van der Waals surface area contributed by atoms with Crippen molar-refractivity contribution in [3.63, 3.8) is 0 Å². The Morgan fingerprint density at radius 1 is 1.21 bits per heavy atom. The van der Waals surface area contributed by atoms with E-state index in [9.17, 15) is 18.8 Å². The van der Waals surface area contributed by atoms with Crippen LogP contribution in [0.1, 0.15) is 35.3 Å². The maximum absolute atomic E-state index is 14.2. The molecule has 9 heteroatoms. The summed E-state index contributed by atoms with van der Waals surface area (Å²) < 4.78 is 16.6. The van der Waals surface area contributed by atoms with E-state index < -0.39 is 11.8 Å². The number of hydrogen-bond acceptors (Lipinski definition) is 3. The van der Waals surface area contributed by atoms with Gasteiger partial charge >= 0.3 is 0 Å². The van der Waals surface area contributed by atoms with Crippen LogP contribution in [0, 0.1) is 12.7 Å². The zero-order valence-electron chi connectivity index (χ0n) is 18.7. The standard InChI is InChI=1S/C24H26BrFN4O3/c1-14(2)30(12-21(31)28-10-16-6-4-5-15(3)23(16)26)22(32)13-29-11-19(24(27)33)18-9-17(25)7-8-20(18)29/h4-9,11,14H,10,12-13H2,1-3H3,(H2,27,33)(H,28,31). The summed E-state index contributed by atoms with van der Waals surface area (Å²) >= 11 is 3.38. The van der Waals surface area contributed by atoms with E-state index >= 15 is 0 Å². The van der Waals surface area contributed by atoms with Crippen LogP contribution in [0.15, 0.2) is 47.1 Å². The Morgan fingerprint density at radius 3 is 2.61 bits per heavy atom. The van der Waals surface area contributed by atoms with E-state index in [1.165, 1.54) is 4.90 Å². The molecule has 0 aliphatic carbocycles. The lowest BCUT2D eigenvalue weighted by molar-refractivity contribution is -0.138. The molecule has 0 atom stereocenters. The SMILES string of the molecule is Cc1cccc(CNC(=O)CN(C(=O)Cn2cc(C(N)=O)c3cc(Br)ccc32)C(C)C)c1F. The molecule has 7 nitrogen and oxygen atoms in total. The van der Waals surface area contributed by atoms with E-state index in [1.807, 2.05) is 19.9 Å². The highest BCUT2D eigenvalue weighted by Gasteiger charge is 2.22. The van der Waals surface area contributed by atoms with Gasteiger partial charge in [0.15, 0.2) is 0 Å². The molecule has 0 radical (unpaired) electrons. The predicted octanol–water partition coefficient (Wildman–Crippen LogP) is 3.50. The number of primary amides is 1. The van der Waals surface area contributed by atoms with Gasteiger partial charge in [0.2, 0.25) is 11.8 Å². The minimum atomic E-state index is -0.590. The number of aryl methyl sites for hydroxylation is 1. The van der Waals surface area contributed by atoms with Crippen molar-refractivity contribution < 1.29 is 18.8 Å². The number of carbonyl (C=O) groups is 3. The van der Waals surface area contributed by atoms with Crippen LogP contribution in [0.5, 0.6) is 0 Å². The molecule has 3 N–H and O–H groups in total. The third-order valence-corrected chi connectivity index (χ3v) is 5.91. The number of amides is 3. The quantitative estimate of drug-likeness (QED) is 0.479. The molecule has 0 unspecified atom stereocenters. The minimum Gasteiger partial charge on any atom is -0.366 e. The van der Waals surface area contributed by atoms with Crippen molar-refractivity contribution in [1.29, 1.82) is 0 Å². The Morgan fingerprint density at radius 2 is 1.94 bits per heavy atom. The monoisotopic (exact) mass is 516 g/mol. The second kappa shape index (κ2) is 10.2. The van der Waals surface area contributed by atoms with Gasteiger partial charge in [0.05, 0.1) is 12.1 Å². The summed E-state index contributed by atoms with van der Waals surface area (Å²) in [7, 11) is 0. The first-order chi connectivity index (χ1) is 15.6. The molecule has 0 saturated heterocycles. The van der Waals surface area contributed by atoms with Crippen LogP contribution in [-0.4, -0.2) is 39.8 Å². The van der Waals surface area contributed by atoms with Crippen LogP contribution >= 0.6 is 15.9 Å². The van der Waals surface area contributed by atoms with Crippen LogP contribution in [0.4, 0.5) is 4.39 Å². The van der Waals surface area contributed by atoms with E-state index in [-0.39, 0.29) is 37.4 Å². The summed E-state index contributed by atoms with van der Waals surface area (Å²) in [5, 5.41) is 3.32.